The fraction of sp³-hybridized carbons (Fsp3) is 0.222. The zero-order chi connectivity index (χ0) is 16.4. The molecule has 1 aliphatic heterocycles. The number of carbonyl (C=O) groups is 2. The van der Waals surface area contributed by atoms with Gasteiger partial charge in [-0.3, -0.25) is 14.9 Å². The van der Waals surface area contributed by atoms with Crippen LogP contribution in [-0.2, 0) is 4.79 Å². The molecule has 1 unspecified atom stereocenters. The van der Waals surface area contributed by atoms with E-state index in [1.54, 1.807) is 0 Å². The van der Waals surface area contributed by atoms with Crippen LogP contribution in [0.15, 0.2) is 53.6 Å². The van der Waals surface area contributed by atoms with Crippen LogP contribution in [0.3, 0.4) is 0 Å². The van der Waals surface area contributed by atoms with Gasteiger partial charge in [-0.1, -0.05) is 30.4 Å². The van der Waals surface area contributed by atoms with E-state index in [1.807, 2.05) is 32.2 Å². The highest BCUT2D eigenvalue weighted by Gasteiger charge is 2.33. The summed E-state index contributed by atoms with van der Waals surface area (Å²) in [5, 5.41) is 4.82. The molecule has 3 rings (SSSR count). The quantitative estimate of drug-likeness (QED) is 0.888. The second-order valence-electron chi connectivity index (χ2n) is 5.51. The van der Waals surface area contributed by atoms with Crippen molar-refractivity contribution in [3.05, 3.63) is 59.2 Å². The zero-order valence-electron chi connectivity index (χ0n) is 13.1. The van der Waals surface area contributed by atoms with Gasteiger partial charge in [0.05, 0.1) is 0 Å². The molecule has 0 spiro atoms. The van der Waals surface area contributed by atoms with Gasteiger partial charge in [-0.2, -0.15) is 0 Å². The molecule has 0 saturated carbocycles. The van der Waals surface area contributed by atoms with Gasteiger partial charge < -0.3 is 5.32 Å². The van der Waals surface area contributed by atoms with E-state index in [-0.39, 0.29) is 11.1 Å². The van der Waals surface area contributed by atoms with Crippen LogP contribution in [0.1, 0.15) is 18.9 Å². The second kappa shape index (κ2) is 6.46. The summed E-state index contributed by atoms with van der Waals surface area (Å²) >= 11 is 1.06. The molecule has 1 atom stereocenters. The Morgan fingerprint density at radius 1 is 1.30 bits per heavy atom. The third-order valence-corrected chi connectivity index (χ3v) is 5.20. The molecule has 1 saturated heterocycles. The molecule has 1 heterocycles. The number of imide groups is 1. The van der Waals surface area contributed by atoms with Crippen molar-refractivity contribution in [1.29, 1.82) is 0 Å². The van der Waals surface area contributed by atoms with Crippen LogP contribution >= 0.6 is 11.8 Å². The van der Waals surface area contributed by atoms with Gasteiger partial charge in [0.15, 0.2) is 0 Å². The van der Waals surface area contributed by atoms with E-state index in [9.17, 15) is 9.59 Å². The molecule has 5 heteroatoms. The van der Waals surface area contributed by atoms with E-state index in [0.29, 0.717) is 0 Å². The summed E-state index contributed by atoms with van der Waals surface area (Å²) in [7, 11) is 1.90. The number of thioether (sulfide) groups is 1. The minimum atomic E-state index is -0.398. The molecule has 0 radical (unpaired) electrons. The number of rotatable bonds is 3. The van der Waals surface area contributed by atoms with Gasteiger partial charge in [0, 0.05) is 12.7 Å². The normalized spacial score (nSPS) is 22.7. The Labute approximate surface area is 139 Å². The monoisotopic (exact) mass is 326 g/mol. The number of hydrogen-bond donors (Lipinski definition) is 2. The lowest BCUT2D eigenvalue weighted by atomic mass is 9.93. The summed E-state index contributed by atoms with van der Waals surface area (Å²) in [6.07, 6.45) is 7.04. The molecule has 0 bridgehead atoms. The average Bonchev–Trinajstić information content (AvgIpc) is 2.93. The number of benzene rings is 1. The van der Waals surface area contributed by atoms with Crippen LogP contribution in [0.4, 0.5) is 10.5 Å². The van der Waals surface area contributed by atoms with Gasteiger partial charge in [-0.05, 0) is 59.5 Å². The first-order valence-corrected chi connectivity index (χ1v) is 8.34. The van der Waals surface area contributed by atoms with Gasteiger partial charge in [0.25, 0.3) is 5.24 Å². The fourth-order valence-corrected chi connectivity index (χ4v) is 3.58. The lowest BCUT2D eigenvalue weighted by molar-refractivity contribution is -0.118. The van der Waals surface area contributed by atoms with Crippen molar-refractivity contribution >= 4 is 34.2 Å². The number of anilines is 1. The van der Waals surface area contributed by atoms with Gasteiger partial charge >= 0.3 is 0 Å². The number of nitrogens with one attached hydrogen (secondary N) is 2. The first kappa shape index (κ1) is 15.6. The van der Waals surface area contributed by atoms with Crippen molar-refractivity contribution in [2.45, 2.75) is 18.6 Å². The van der Waals surface area contributed by atoms with E-state index >= 15 is 0 Å². The first-order valence-electron chi connectivity index (χ1n) is 7.46. The molecular formula is C18H18N2O2S. The van der Waals surface area contributed by atoms with E-state index in [0.717, 1.165) is 40.6 Å². The maximum absolute atomic E-state index is 11.8. The molecule has 118 valence electrons. The highest BCUT2D eigenvalue weighted by molar-refractivity contribution is 8.15. The summed E-state index contributed by atoms with van der Waals surface area (Å²) < 4.78 is 0. The maximum atomic E-state index is 11.8. The van der Waals surface area contributed by atoms with Gasteiger partial charge in [-0.25, -0.2) is 0 Å². The third-order valence-electron chi connectivity index (χ3n) is 4.08. The highest BCUT2D eigenvalue weighted by Crippen LogP contribution is 2.32. The Kier molecular flexibility index (Phi) is 4.39. The van der Waals surface area contributed by atoms with Crippen molar-refractivity contribution in [3.8, 4) is 0 Å². The predicted molar refractivity (Wildman–Crippen MR) is 95.3 cm³/mol. The van der Waals surface area contributed by atoms with E-state index in [1.165, 1.54) is 5.57 Å². The summed E-state index contributed by atoms with van der Waals surface area (Å²) in [6, 6.07) is 8.24. The molecule has 2 aliphatic rings. The SMILES string of the molecule is CNc1cccc(C2=CCC(=C(C)C3SC(=O)NC3=O)C=C2)c1. The molecule has 2 N–H and O–H groups in total. The third kappa shape index (κ3) is 3.24. The largest absolute Gasteiger partial charge is 0.388 e. The van der Waals surface area contributed by atoms with Gasteiger partial charge in [0.2, 0.25) is 5.91 Å². The van der Waals surface area contributed by atoms with Gasteiger partial charge in [-0.15, -0.1) is 0 Å². The Morgan fingerprint density at radius 3 is 2.74 bits per heavy atom. The molecule has 23 heavy (non-hydrogen) atoms. The summed E-state index contributed by atoms with van der Waals surface area (Å²) in [5.74, 6) is -0.213. The van der Waals surface area contributed by atoms with Crippen molar-refractivity contribution in [2.24, 2.45) is 0 Å². The zero-order valence-corrected chi connectivity index (χ0v) is 13.9. The second-order valence-corrected chi connectivity index (χ2v) is 6.59. The molecule has 2 amide bonds. The van der Waals surface area contributed by atoms with Crippen LogP contribution in [-0.4, -0.2) is 23.4 Å². The van der Waals surface area contributed by atoms with Crippen LogP contribution in [0.25, 0.3) is 5.57 Å². The van der Waals surface area contributed by atoms with Crippen LogP contribution < -0.4 is 10.6 Å². The first-order chi connectivity index (χ1) is 11.1. The lowest BCUT2D eigenvalue weighted by Crippen LogP contribution is -2.25. The molecule has 4 nitrogen and oxygen atoms in total. The molecule has 1 fully saturated rings. The van der Waals surface area contributed by atoms with E-state index in [4.69, 9.17) is 0 Å². The molecule has 1 aromatic rings. The van der Waals surface area contributed by atoms with Crippen molar-refractivity contribution in [3.63, 3.8) is 0 Å². The minimum Gasteiger partial charge on any atom is -0.388 e. The Morgan fingerprint density at radius 2 is 2.13 bits per heavy atom. The number of hydrogen-bond acceptors (Lipinski definition) is 4. The number of amides is 2. The topological polar surface area (TPSA) is 58.2 Å². The van der Waals surface area contributed by atoms with Crippen molar-refractivity contribution in [2.75, 3.05) is 12.4 Å². The average molecular weight is 326 g/mol. The predicted octanol–water partition coefficient (Wildman–Crippen LogP) is 3.74. The minimum absolute atomic E-state index is 0.213. The highest BCUT2D eigenvalue weighted by atomic mass is 32.2. The van der Waals surface area contributed by atoms with E-state index < -0.39 is 5.25 Å². The Hall–Kier alpha value is -2.27. The van der Waals surface area contributed by atoms with Crippen LogP contribution in [0.2, 0.25) is 0 Å². The van der Waals surface area contributed by atoms with Crippen molar-refractivity contribution < 1.29 is 9.59 Å². The molecule has 1 aromatic carbocycles. The van der Waals surface area contributed by atoms with Crippen molar-refractivity contribution in [1.82, 2.24) is 5.32 Å². The molecular weight excluding hydrogens is 308 g/mol. The standard InChI is InChI=1S/C18H18N2O2S/c1-11(16-17(21)20-18(22)23-16)12-6-8-13(9-7-12)14-4-3-5-15(10-14)19-2/h3-6,8-10,16,19H,7H2,1-2H3,(H,20,21,22). The van der Waals surface area contributed by atoms with Crippen LogP contribution in [0, 0.1) is 0 Å². The molecule has 1 aliphatic carbocycles. The Balaban J connectivity index is 1.80. The number of carbonyl (C=O) groups excluding carboxylic acids is 2. The lowest BCUT2D eigenvalue weighted by Gasteiger charge is -2.15. The van der Waals surface area contributed by atoms with Crippen LogP contribution in [0.5, 0.6) is 0 Å². The smallest absolute Gasteiger partial charge is 0.286 e. The fourth-order valence-electron chi connectivity index (χ4n) is 2.72. The summed E-state index contributed by atoms with van der Waals surface area (Å²) in [4.78, 5) is 23.1. The molecule has 0 aromatic heterocycles. The Bertz CT molecular complexity index is 762. The maximum Gasteiger partial charge on any atom is 0.286 e. The number of allylic oxidation sites excluding steroid dienone is 5. The summed E-state index contributed by atoms with van der Waals surface area (Å²) in [6.45, 7) is 1.93. The van der Waals surface area contributed by atoms with Gasteiger partial charge in [0.1, 0.15) is 5.25 Å². The summed E-state index contributed by atoms with van der Waals surface area (Å²) in [5.41, 5.74) is 5.45. The van der Waals surface area contributed by atoms with E-state index in [2.05, 4.69) is 34.9 Å².